The van der Waals surface area contributed by atoms with Crippen molar-refractivity contribution in [1.82, 2.24) is 5.32 Å². The highest BCUT2D eigenvalue weighted by Gasteiger charge is 2.24. The number of thioether (sulfide) groups is 1. The summed E-state index contributed by atoms with van der Waals surface area (Å²) in [5.74, 6) is -1.01. The van der Waals surface area contributed by atoms with Crippen LogP contribution in [0.2, 0.25) is 0 Å². The Morgan fingerprint density at radius 2 is 1.40 bits per heavy atom. The number of benzene rings is 6. The van der Waals surface area contributed by atoms with Crippen molar-refractivity contribution in [3.8, 4) is 0 Å². The van der Waals surface area contributed by atoms with E-state index in [-0.39, 0.29) is 11.6 Å². The Morgan fingerprint density at radius 3 is 2.18 bits per heavy atom. The Labute approximate surface area is 296 Å². The maximum atomic E-state index is 13.9. The van der Waals surface area contributed by atoms with Gasteiger partial charge in [-0.3, -0.25) is 14.4 Å². The second kappa shape index (κ2) is 16.0. The van der Waals surface area contributed by atoms with Crippen LogP contribution in [0.15, 0.2) is 156 Å². The molecule has 3 N–H and O–H groups in total. The summed E-state index contributed by atoms with van der Waals surface area (Å²) in [6, 6.07) is 45.6. The first-order valence-electron chi connectivity index (χ1n) is 16.5. The predicted octanol–water partition coefficient (Wildman–Crippen LogP) is 9.59. The second-order valence-corrected chi connectivity index (χ2v) is 13.0. The topological polar surface area (TPSA) is 87.3 Å². The third-order valence-electron chi connectivity index (χ3n) is 8.33. The van der Waals surface area contributed by atoms with E-state index < -0.39 is 17.1 Å². The van der Waals surface area contributed by atoms with Crippen molar-refractivity contribution in [3.63, 3.8) is 0 Å². The summed E-state index contributed by atoms with van der Waals surface area (Å²) in [6.45, 7) is 4.07. The van der Waals surface area contributed by atoms with Crippen molar-refractivity contribution in [1.29, 1.82) is 0 Å². The van der Waals surface area contributed by atoms with Gasteiger partial charge in [-0.05, 0) is 82.8 Å². The van der Waals surface area contributed by atoms with Gasteiger partial charge in [-0.25, -0.2) is 0 Å². The highest BCUT2D eigenvalue weighted by Crippen LogP contribution is 2.38. The van der Waals surface area contributed by atoms with Crippen molar-refractivity contribution >= 4 is 57.7 Å². The number of hydrogen-bond donors (Lipinski definition) is 3. The Bertz CT molecular complexity index is 2180. The van der Waals surface area contributed by atoms with Gasteiger partial charge in [0.1, 0.15) is 10.9 Å². The summed E-state index contributed by atoms with van der Waals surface area (Å²) in [4.78, 5) is 41.9. The van der Waals surface area contributed by atoms with Crippen molar-refractivity contribution < 1.29 is 14.4 Å². The molecule has 248 valence electrons. The molecule has 1 unspecified atom stereocenters. The Hall–Kier alpha value is -5.92. The minimum atomic E-state index is -0.557. The Balaban J connectivity index is 1.28. The molecule has 0 radical (unpaired) electrons. The summed E-state index contributed by atoms with van der Waals surface area (Å²) in [5.41, 5.74) is 5.63. The molecule has 0 fully saturated rings. The van der Waals surface area contributed by atoms with Gasteiger partial charge in [0.2, 0.25) is 5.91 Å². The number of aryl methyl sites for hydroxylation is 2. The molecule has 0 aromatic heterocycles. The van der Waals surface area contributed by atoms with Crippen LogP contribution in [-0.4, -0.2) is 17.7 Å². The average molecular weight is 676 g/mol. The molecule has 0 bridgehead atoms. The predicted molar refractivity (Wildman–Crippen MR) is 205 cm³/mol. The number of rotatable bonds is 11. The van der Waals surface area contributed by atoms with E-state index in [9.17, 15) is 14.4 Å². The average Bonchev–Trinajstić information content (AvgIpc) is 3.15. The van der Waals surface area contributed by atoms with Gasteiger partial charge < -0.3 is 16.0 Å². The summed E-state index contributed by atoms with van der Waals surface area (Å²) in [7, 11) is 0. The fourth-order valence-electron chi connectivity index (χ4n) is 5.75. The van der Waals surface area contributed by atoms with Gasteiger partial charge in [-0.2, -0.15) is 0 Å². The molecule has 3 amide bonds. The lowest BCUT2D eigenvalue weighted by Gasteiger charge is -2.20. The van der Waals surface area contributed by atoms with Gasteiger partial charge in [0.05, 0.1) is 0 Å². The van der Waals surface area contributed by atoms with Crippen LogP contribution in [0.25, 0.3) is 16.8 Å². The van der Waals surface area contributed by atoms with Crippen molar-refractivity contribution in [2.75, 3.05) is 10.6 Å². The minimum absolute atomic E-state index is 0.0970. The zero-order valence-corrected chi connectivity index (χ0v) is 28.7. The molecule has 0 saturated carbocycles. The Morgan fingerprint density at radius 1 is 0.720 bits per heavy atom. The zero-order chi connectivity index (χ0) is 34.9. The molecular weight excluding hydrogens is 639 g/mol. The monoisotopic (exact) mass is 675 g/mol. The molecule has 6 rings (SSSR count). The van der Waals surface area contributed by atoms with Crippen LogP contribution < -0.4 is 16.0 Å². The van der Waals surface area contributed by atoms with Gasteiger partial charge in [-0.15, -0.1) is 11.8 Å². The van der Waals surface area contributed by atoms with Gasteiger partial charge in [0, 0.05) is 21.8 Å². The zero-order valence-electron chi connectivity index (χ0n) is 27.9. The van der Waals surface area contributed by atoms with E-state index in [1.165, 1.54) is 11.8 Å². The first kappa shape index (κ1) is 34.0. The number of hydrogen-bond acceptors (Lipinski definition) is 4. The standard InChI is InChI=1S/C43H37N3O3S/c1-3-30-21-12-15-29(2)39(30)46-43(49)40(32-17-6-4-7-18-32)50-36-25-14-24-35(28-36)44-42(48)38(45-41(47)33-19-8-5-9-20-33)27-34-23-13-22-31-16-10-11-26-37(31)34/h4-28,40H,3H2,1-2H3,(H,44,48)(H,45,47)(H,46,49)/b38-27+. The van der Waals surface area contributed by atoms with Gasteiger partial charge >= 0.3 is 0 Å². The van der Waals surface area contributed by atoms with E-state index >= 15 is 0 Å². The number of carbonyl (C=O) groups excluding carboxylic acids is 3. The summed E-state index contributed by atoms with van der Waals surface area (Å²) < 4.78 is 0. The van der Waals surface area contributed by atoms with Crippen LogP contribution in [0.5, 0.6) is 0 Å². The van der Waals surface area contributed by atoms with Crippen LogP contribution in [0.1, 0.15) is 44.8 Å². The minimum Gasteiger partial charge on any atom is -0.324 e. The highest BCUT2D eigenvalue weighted by atomic mass is 32.2. The lowest BCUT2D eigenvalue weighted by molar-refractivity contribution is -0.116. The number of nitrogens with one attached hydrogen (secondary N) is 3. The van der Waals surface area contributed by atoms with E-state index in [2.05, 4.69) is 22.9 Å². The highest BCUT2D eigenvalue weighted by molar-refractivity contribution is 8.00. The van der Waals surface area contributed by atoms with Crippen LogP contribution in [0.3, 0.4) is 0 Å². The molecule has 6 nitrogen and oxygen atoms in total. The van der Waals surface area contributed by atoms with E-state index in [1.54, 1.807) is 36.4 Å². The third kappa shape index (κ3) is 8.20. The molecule has 6 aromatic rings. The van der Waals surface area contributed by atoms with Crippen molar-refractivity contribution in [3.05, 3.63) is 179 Å². The first-order valence-corrected chi connectivity index (χ1v) is 17.4. The maximum absolute atomic E-state index is 13.9. The smallest absolute Gasteiger partial charge is 0.272 e. The lowest BCUT2D eigenvalue weighted by Crippen LogP contribution is -2.30. The largest absolute Gasteiger partial charge is 0.324 e. The van der Waals surface area contributed by atoms with Crippen LogP contribution in [0.4, 0.5) is 11.4 Å². The molecule has 7 heteroatoms. The van der Waals surface area contributed by atoms with E-state index in [1.807, 2.05) is 122 Å². The fourth-order valence-corrected chi connectivity index (χ4v) is 6.83. The van der Waals surface area contributed by atoms with E-state index in [4.69, 9.17) is 0 Å². The summed E-state index contributed by atoms with van der Waals surface area (Å²) in [6.07, 6.45) is 2.49. The number of carbonyl (C=O) groups is 3. The SMILES string of the molecule is CCc1cccc(C)c1NC(=O)C(Sc1cccc(NC(=O)/C(=C\c2cccc3ccccc23)NC(=O)c2ccccc2)c1)c1ccccc1. The van der Waals surface area contributed by atoms with Crippen molar-refractivity contribution in [2.45, 2.75) is 30.4 Å². The fraction of sp³-hybridized carbons (Fsp3) is 0.0930. The number of amides is 3. The van der Waals surface area contributed by atoms with Gasteiger partial charge in [0.25, 0.3) is 11.8 Å². The molecule has 6 aromatic carbocycles. The van der Waals surface area contributed by atoms with Gasteiger partial charge in [-0.1, -0.05) is 122 Å². The molecule has 0 saturated heterocycles. The molecule has 0 heterocycles. The van der Waals surface area contributed by atoms with E-state index in [0.29, 0.717) is 11.3 Å². The summed E-state index contributed by atoms with van der Waals surface area (Å²) in [5, 5.41) is 10.4. The molecule has 50 heavy (non-hydrogen) atoms. The van der Waals surface area contributed by atoms with E-state index in [0.717, 1.165) is 50.0 Å². The number of para-hydroxylation sites is 1. The molecule has 0 aliphatic carbocycles. The second-order valence-electron chi connectivity index (χ2n) is 11.8. The molecule has 0 spiro atoms. The third-order valence-corrected chi connectivity index (χ3v) is 9.57. The Kier molecular flexibility index (Phi) is 10.9. The number of fused-ring (bicyclic) bond motifs is 1. The van der Waals surface area contributed by atoms with Crippen LogP contribution in [-0.2, 0) is 16.0 Å². The lowest BCUT2D eigenvalue weighted by atomic mass is 10.0. The normalized spacial score (nSPS) is 11.8. The maximum Gasteiger partial charge on any atom is 0.272 e. The molecule has 0 aliphatic heterocycles. The first-order chi connectivity index (χ1) is 24.4. The van der Waals surface area contributed by atoms with Crippen LogP contribution >= 0.6 is 11.8 Å². The van der Waals surface area contributed by atoms with Crippen LogP contribution in [0, 0.1) is 6.92 Å². The molecular formula is C43H37N3O3S. The molecule has 1 atom stereocenters. The summed E-state index contributed by atoms with van der Waals surface area (Å²) >= 11 is 1.40. The van der Waals surface area contributed by atoms with Gasteiger partial charge in [0.15, 0.2) is 0 Å². The quantitative estimate of drug-likeness (QED) is 0.0943. The number of anilines is 2. The molecule has 0 aliphatic rings. The van der Waals surface area contributed by atoms with Crippen molar-refractivity contribution in [2.24, 2.45) is 0 Å².